The minimum atomic E-state index is -0.556. The zero-order valence-corrected chi connectivity index (χ0v) is 15.0. The predicted molar refractivity (Wildman–Crippen MR) is 101 cm³/mol. The van der Waals surface area contributed by atoms with Crippen LogP contribution in [0.4, 0.5) is 5.69 Å². The van der Waals surface area contributed by atoms with Gasteiger partial charge in [0.25, 0.3) is 5.91 Å². The first kappa shape index (κ1) is 16.7. The summed E-state index contributed by atoms with van der Waals surface area (Å²) in [4.78, 5) is 30.9. The molecule has 1 aliphatic heterocycles. The number of carbonyl (C=O) groups is 1. The molecule has 0 atom stereocenters. The van der Waals surface area contributed by atoms with Gasteiger partial charge in [-0.15, -0.1) is 0 Å². The van der Waals surface area contributed by atoms with E-state index in [2.05, 4.69) is 9.88 Å². The third kappa shape index (κ3) is 2.86. The average Bonchev–Trinajstić information content (AvgIpc) is 3.01. The molecule has 0 spiro atoms. The number of fused-ring (bicyclic) bond motifs is 1. The van der Waals surface area contributed by atoms with Gasteiger partial charge in [-0.05, 0) is 30.7 Å². The van der Waals surface area contributed by atoms with E-state index in [-0.39, 0.29) is 5.91 Å². The van der Waals surface area contributed by atoms with E-state index in [9.17, 15) is 9.59 Å². The van der Waals surface area contributed by atoms with E-state index < -0.39 is 5.76 Å². The van der Waals surface area contributed by atoms with Crippen LogP contribution in [-0.2, 0) is 0 Å². The summed E-state index contributed by atoms with van der Waals surface area (Å²) in [6, 6.07) is 11.0. The number of para-hydroxylation sites is 2. The summed E-state index contributed by atoms with van der Waals surface area (Å²) in [6.07, 6.45) is 0. The van der Waals surface area contributed by atoms with Crippen molar-refractivity contribution in [3.63, 3.8) is 0 Å². The molecule has 3 aromatic rings. The van der Waals surface area contributed by atoms with Crippen LogP contribution in [0, 0.1) is 6.92 Å². The molecule has 0 saturated carbocycles. The standard InChI is InChI=1S/C19H18ClN3O3/c1-12-4-2-6-14(20)16(12)22-8-10-23(11-9-22)18(24)13-5-3-7-15-17(13)26-19(25)21-15/h2-7H,8-11H2,1H3,(H,21,25). The number of hydrogen-bond acceptors (Lipinski definition) is 4. The summed E-state index contributed by atoms with van der Waals surface area (Å²) in [7, 11) is 0. The monoisotopic (exact) mass is 371 g/mol. The second kappa shape index (κ2) is 6.53. The maximum atomic E-state index is 12.9. The van der Waals surface area contributed by atoms with Crippen molar-refractivity contribution in [2.45, 2.75) is 6.92 Å². The molecule has 0 radical (unpaired) electrons. The molecule has 1 saturated heterocycles. The third-order valence-corrected chi connectivity index (χ3v) is 5.05. The highest BCUT2D eigenvalue weighted by atomic mass is 35.5. The number of amides is 1. The van der Waals surface area contributed by atoms with E-state index in [0.29, 0.717) is 42.8 Å². The summed E-state index contributed by atoms with van der Waals surface area (Å²) in [5.41, 5.74) is 3.40. The number of anilines is 1. The predicted octanol–water partition coefficient (Wildman–Crippen LogP) is 3.05. The largest absolute Gasteiger partial charge is 0.417 e. The van der Waals surface area contributed by atoms with Crippen molar-refractivity contribution in [2.24, 2.45) is 0 Å². The average molecular weight is 372 g/mol. The molecule has 7 heteroatoms. The zero-order valence-electron chi connectivity index (χ0n) is 14.3. The Labute approximate surface area is 155 Å². The molecule has 134 valence electrons. The Balaban J connectivity index is 1.54. The molecule has 1 amide bonds. The number of piperazine rings is 1. The molecule has 0 unspecified atom stereocenters. The number of halogens is 1. The highest BCUT2D eigenvalue weighted by molar-refractivity contribution is 6.33. The molecule has 0 aliphatic carbocycles. The van der Waals surface area contributed by atoms with Gasteiger partial charge in [-0.1, -0.05) is 29.8 Å². The summed E-state index contributed by atoms with van der Waals surface area (Å²) >= 11 is 6.36. The molecule has 1 N–H and O–H groups in total. The summed E-state index contributed by atoms with van der Waals surface area (Å²) in [6.45, 7) is 4.59. The van der Waals surface area contributed by atoms with Crippen LogP contribution < -0.4 is 10.7 Å². The molecule has 1 aromatic heterocycles. The lowest BCUT2D eigenvalue weighted by molar-refractivity contribution is 0.0747. The number of carbonyl (C=O) groups excluding carboxylic acids is 1. The summed E-state index contributed by atoms with van der Waals surface area (Å²) < 4.78 is 5.15. The van der Waals surface area contributed by atoms with Gasteiger partial charge in [0.2, 0.25) is 0 Å². The van der Waals surface area contributed by atoms with Crippen molar-refractivity contribution >= 4 is 34.3 Å². The highest BCUT2D eigenvalue weighted by Crippen LogP contribution is 2.30. The minimum Gasteiger partial charge on any atom is -0.407 e. The van der Waals surface area contributed by atoms with Gasteiger partial charge in [0.1, 0.15) is 0 Å². The Hall–Kier alpha value is -2.73. The zero-order chi connectivity index (χ0) is 18.3. The number of nitrogens with one attached hydrogen (secondary N) is 1. The lowest BCUT2D eigenvalue weighted by Gasteiger charge is -2.37. The highest BCUT2D eigenvalue weighted by Gasteiger charge is 2.26. The summed E-state index contributed by atoms with van der Waals surface area (Å²) in [5, 5.41) is 0.726. The van der Waals surface area contributed by atoms with Crippen LogP contribution >= 0.6 is 11.6 Å². The first-order valence-corrected chi connectivity index (χ1v) is 8.83. The van der Waals surface area contributed by atoms with Gasteiger partial charge in [-0.25, -0.2) is 4.79 Å². The van der Waals surface area contributed by atoms with E-state index >= 15 is 0 Å². The topological polar surface area (TPSA) is 69.6 Å². The molecular formula is C19H18ClN3O3. The lowest BCUT2D eigenvalue weighted by Crippen LogP contribution is -2.49. The van der Waals surface area contributed by atoms with Crippen molar-refractivity contribution in [3.8, 4) is 0 Å². The van der Waals surface area contributed by atoms with Crippen LogP contribution in [0.2, 0.25) is 5.02 Å². The smallest absolute Gasteiger partial charge is 0.407 e. The van der Waals surface area contributed by atoms with Gasteiger partial charge < -0.3 is 14.2 Å². The number of hydrogen-bond donors (Lipinski definition) is 1. The van der Waals surface area contributed by atoms with Crippen LogP contribution in [-0.4, -0.2) is 42.0 Å². The fraction of sp³-hybridized carbons (Fsp3) is 0.263. The SMILES string of the molecule is Cc1cccc(Cl)c1N1CCN(C(=O)c2cccc3[nH]c(=O)oc23)CC1. The van der Waals surface area contributed by atoms with Crippen molar-refractivity contribution in [1.29, 1.82) is 0 Å². The van der Waals surface area contributed by atoms with E-state index in [1.54, 1.807) is 23.1 Å². The normalized spacial score (nSPS) is 14.8. The number of aromatic nitrogens is 1. The number of oxazole rings is 1. The number of nitrogens with zero attached hydrogens (tertiary/aromatic N) is 2. The molecule has 1 aliphatic rings. The van der Waals surface area contributed by atoms with Crippen molar-refractivity contribution in [1.82, 2.24) is 9.88 Å². The van der Waals surface area contributed by atoms with Gasteiger partial charge in [0.15, 0.2) is 5.58 Å². The van der Waals surface area contributed by atoms with Crippen molar-refractivity contribution in [3.05, 3.63) is 63.1 Å². The van der Waals surface area contributed by atoms with Crippen LogP contribution in [0.5, 0.6) is 0 Å². The Morgan fingerprint density at radius 1 is 1.12 bits per heavy atom. The molecule has 1 fully saturated rings. The first-order valence-electron chi connectivity index (χ1n) is 8.46. The number of H-pyrrole nitrogens is 1. The summed E-state index contributed by atoms with van der Waals surface area (Å²) in [5.74, 6) is -0.687. The van der Waals surface area contributed by atoms with Gasteiger partial charge in [-0.2, -0.15) is 0 Å². The van der Waals surface area contributed by atoms with Crippen LogP contribution in [0.3, 0.4) is 0 Å². The van der Waals surface area contributed by atoms with Gasteiger partial charge in [0.05, 0.1) is 21.8 Å². The fourth-order valence-electron chi connectivity index (χ4n) is 3.47. The fourth-order valence-corrected chi connectivity index (χ4v) is 3.81. The number of benzene rings is 2. The second-order valence-corrected chi connectivity index (χ2v) is 6.79. The van der Waals surface area contributed by atoms with E-state index in [1.165, 1.54) is 0 Å². The molecule has 26 heavy (non-hydrogen) atoms. The quantitative estimate of drug-likeness (QED) is 0.751. The van der Waals surface area contributed by atoms with Gasteiger partial charge >= 0.3 is 5.76 Å². The molecule has 2 aromatic carbocycles. The number of aromatic amines is 1. The lowest BCUT2D eigenvalue weighted by atomic mass is 10.1. The van der Waals surface area contributed by atoms with Gasteiger partial charge in [-0.3, -0.25) is 9.78 Å². The number of aryl methyl sites for hydroxylation is 1. The van der Waals surface area contributed by atoms with Crippen LogP contribution in [0.25, 0.3) is 11.1 Å². The van der Waals surface area contributed by atoms with Crippen molar-refractivity contribution in [2.75, 3.05) is 31.1 Å². The Bertz CT molecular complexity index is 1010. The Morgan fingerprint density at radius 3 is 2.58 bits per heavy atom. The van der Waals surface area contributed by atoms with E-state index in [4.69, 9.17) is 16.0 Å². The molecule has 6 nitrogen and oxygen atoms in total. The molecule has 0 bridgehead atoms. The second-order valence-electron chi connectivity index (χ2n) is 6.38. The third-order valence-electron chi connectivity index (χ3n) is 4.75. The maximum absolute atomic E-state index is 12.9. The molecular weight excluding hydrogens is 354 g/mol. The van der Waals surface area contributed by atoms with Crippen molar-refractivity contribution < 1.29 is 9.21 Å². The molecule has 2 heterocycles. The Kier molecular flexibility index (Phi) is 4.20. The number of rotatable bonds is 2. The van der Waals surface area contributed by atoms with Crippen LogP contribution in [0.15, 0.2) is 45.6 Å². The maximum Gasteiger partial charge on any atom is 0.417 e. The van der Waals surface area contributed by atoms with E-state index in [1.807, 2.05) is 25.1 Å². The first-order chi connectivity index (χ1) is 12.5. The van der Waals surface area contributed by atoms with E-state index in [0.717, 1.165) is 16.3 Å². The van der Waals surface area contributed by atoms with Crippen LogP contribution in [0.1, 0.15) is 15.9 Å². The van der Waals surface area contributed by atoms with Gasteiger partial charge in [0, 0.05) is 26.2 Å². The minimum absolute atomic E-state index is 0.131. The Morgan fingerprint density at radius 2 is 1.85 bits per heavy atom. The molecule has 4 rings (SSSR count).